The molecular weight excluding hydrogens is 354 g/mol. The van der Waals surface area contributed by atoms with E-state index in [1.807, 2.05) is 33.7 Å². The largest absolute Gasteiger partial charge is 0.296 e. The number of benzene rings is 1. The zero-order chi connectivity index (χ0) is 19.2. The van der Waals surface area contributed by atoms with Gasteiger partial charge in [0.15, 0.2) is 10.6 Å². The van der Waals surface area contributed by atoms with E-state index in [0.717, 1.165) is 24.5 Å². The number of nitrogens with zero attached hydrogens (tertiary/aromatic N) is 5. The van der Waals surface area contributed by atoms with Gasteiger partial charge in [-0.05, 0) is 43.4 Å². The molecule has 3 rings (SSSR count). The van der Waals surface area contributed by atoms with Crippen molar-refractivity contribution in [3.05, 3.63) is 77.3 Å². The molecule has 1 aromatic carbocycles. The van der Waals surface area contributed by atoms with Gasteiger partial charge in [0.05, 0.1) is 6.67 Å². The van der Waals surface area contributed by atoms with Crippen molar-refractivity contribution < 1.29 is 0 Å². The monoisotopic (exact) mass is 379 g/mol. The Morgan fingerprint density at radius 1 is 1.26 bits per heavy atom. The smallest absolute Gasteiger partial charge is 0.199 e. The van der Waals surface area contributed by atoms with Crippen LogP contribution in [0.4, 0.5) is 0 Å². The highest BCUT2D eigenvalue weighted by molar-refractivity contribution is 7.71. The third kappa shape index (κ3) is 4.59. The normalized spacial score (nSPS) is 11.1. The average Bonchev–Trinajstić information content (AvgIpc) is 2.98. The zero-order valence-electron chi connectivity index (χ0n) is 15.9. The van der Waals surface area contributed by atoms with E-state index >= 15 is 0 Å². The summed E-state index contributed by atoms with van der Waals surface area (Å²) in [6, 6.07) is 12.5. The van der Waals surface area contributed by atoms with E-state index < -0.39 is 0 Å². The van der Waals surface area contributed by atoms with Crippen molar-refractivity contribution in [2.75, 3.05) is 6.54 Å². The number of aryl methyl sites for hydroxylation is 1. The SMILES string of the molecule is C=CCn1c(-c2cccnc2)nn(CN(CC)Cc2cccc(C)c2)c1=S. The second-order valence-corrected chi connectivity index (χ2v) is 6.89. The average molecular weight is 380 g/mol. The van der Waals surface area contributed by atoms with Crippen LogP contribution in [0, 0.1) is 11.7 Å². The van der Waals surface area contributed by atoms with Gasteiger partial charge in [-0.3, -0.25) is 14.5 Å². The van der Waals surface area contributed by atoms with Crippen LogP contribution in [0.15, 0.2) is 61.4 Å². The van der Waals surface area contributed by atoms with Crippen LogP contribution >= 0.6 is 12.2 Å². The van der Waals surface area contributed by atoms with Crippen LogP contribution in [0.2, 0.25) is 0 Å². The van der Waals surface area contributed by atoms with E-state index in [1.54, 1.807) is 6.20 Å². The molecule has 0 radical (unpaired) electrons. The molecule has 0 unspecified atom stereocenters. The van der Waals surface area contributed by atoms with Gasteiger partial charge >= 0.3 is 0 Å². The molecule has 0 saturated carbocycles. The van der Waals surface area contributed by atoms with E-state index in [0.29, 0.717) is 18.0 Å². The van der Waals surface area contributed by atoms with Crippen LogP contribution in [0.25, 0.3) is 11.4 Å². The summed E-state index contributed by atoms with van der Waals surface area (Å²) >= 11 is 5.70. The van der Waals surface area contributed by atoms with E-state index in [2.05, 4.69) is 54.6 Å². The molecule has 2 aromatic heterocycles. The highest BCUT2D eigenvalue weighted by Gasteiger charge is 2.14. The molecule has 0 N–H and O–H groups in total. The summed E-state index contributed by atoms with van der Waals surface area (Å²) in [5.41, 5.74) is 3.52. The molecule has 5 nitrogen and oxygen atoms in total. The second kappa shape index (κ2) is 8.88. The fourth-order valence-corrected chi connectivity index (χ4v) is 3.31. The van der Waals surface area contributed by atoms with Crippen LogP contribution < -0.4 is 0 Å². The van der Waals surface area contributed by atoms with Crippen molar-refractivity contribution in [1.29, 1.82) is 0 Å². The molecule has 0 saturated heterocycles. The number of hydrogen-bond acceptors (Lipinski definition) is 4. The van der Waals surface area contributed by atoms with Crippen molar-refractivity contribution in [2.24, 2.45) is 0 Å². The van der Waals surface area contributed by atoms with E-state index in [9.17, 15) is 0 Å². The molecule has 0 fully saturated rings. The predicted octanol–water partition coefficient (Wildman–Crippen LogP) is 4.45. The summed E-state index contributed by atoms with van der Waals surface area (Å²) in [4.78, 5) is 6.53. The van der Waals surface area contributed by atoms with Crippen molar-refractivity contribution in [3.63, 3.8) is 0 Å². The van der Waals surface area contributed by atoms with Gasteiger partial charge in [-0.25, -0.2) is 4.68 Å². The van der Waals surface area contributed by atoms with Crippen LogP contribution in [0.1, 0.15) is 18.1 Å². The van der Waals surface area contributed by atoms with E-state index in [1.165, 1.54) is 11.1 Å². The lowest BCUT2D eigenvalue weighted by atomic mass is 10.1. The molecule has 0 atom stereocenters. The van der Waals surface area contributed by atoms with Crippen molar-refractivity contribution in [1.82, 2.24) is 24.2 Å². The molecule has 0 amide bonds. The van der Waals surface area contributed by atoms with Crippen molar-refractivity contribution in [3.8, 4) is 11.4 Å². The van der Waals surface area contributed by atoms with E-state index in [-0.39, 0.29) is 0 Å². The fraction of sp³-hybridized carbons (Fsp3) is 0.286. The number of rotatable bonds is 8. The molecule has 27 heavy (non-hydrogen) atoms. The van der Waals surface area contributed by atoms with Gasteiger partial charge in [-0.2, -0.15) is 5.10 Å². The molecule has 2 heterocycles. The van der Waals surface area contributed by atoms with Gasteiger partial charge in [-0.1, -0.05) is 42.8 Å². The summed E-state index contributed by atoms with van der Waals surface area (Å²) in [5.74, 6) is 0.819. The Morgan fingerprint density at radius 2 is 2.11 bits per heavy atom. The van der Waals surface area contributed by atoms with Gasteiger partial charge in [0.2, 0.25) is 0 Å². The maximum absolute atomic E-state index is 5.70. The fourth-order valence-electron chi connectivity index (χ4n) is 3.06. The van der Waals surface area contributed by atoms with Gasteiger partial charge in [-0.15, -0.1) is 6.58 Å². The minimum Gasteiger partial charge on any atom is -0.296 e. The number of allylic oxidation sites excluding steroid dienone is 1. The molecule has 140 valence electrons. The molecule has 0 bridgehead atoms. The lowest BCUT2D eigenvalue weighted by molar-refractivity contribution is 0.207. The van der Waals surface area contributed by atoms with Gasteiger partial charge < -0.3 is 0 Å². The van der Waals surface area contributed by atoms with Crippen molar-refractivity contribution in [2.45, 2.75) is 33.6 Å². The zero-order valence-corrected chi connectivity index (χ0v) is 16.7. The Hall–Kier alpha value is -2.57. The summed E-state index contributed by atoms with van der Waals surface area (Å²) in [5, 5.41) is 4.79. The van der Waals surface area contributed by atoms with Crippen LogP contribution in [0.5, 0.6) is 0 Å². The Morgan fingerprint density at radius 3 is 2.78 bits per heavy atom. The quantitative estimate of drug-likeness (QED) is 0.428. The third-order valence-corrected chi connectivity index (χ3v) is 4.86. The molecule has 6 heteroatoms. The lowest BCUT2D eigenvalue weighted by Gasteiger charge is -2.20. The Bertz CT molecular complexity index is 958. The summed E-state index contributed by atoms with van der Waals surface area (Å²) in [7, 11) is 0. The molecule has 0 aliphatic rings. The molecular formula is C21H25N5S. The van der Waals surface area contributed by atoms with Crippen LogP contribution in [-0.4, -0.2) is 30.8 Å². The van der Waals surface area contributed by atoms with Crippen LogP contribution in [0.3, 0.4) is 0 Å². The summed E-state index contributed by atoms with van der Waals surface area (Å²) in [6.45, 7) is 11.1. The predicted molar refractivity (Wildman–Crippen MR) is 112 cm³/mol. The first-order chi connectivity index (χ1) is 13.1. The Balaban J connectivity index is 1.89. The first-order valence-corrected chi connectivity index (χ1v) is 9.50. The topological polar surface area (TPSA) is 38.9 Å². The molecule has 3 aromatic rings. The highest BCUT2D eigenvalue weighted by Crippen LogP contribution is 2.18. The third-order valence-electron chi connectivity index (χ3n) is 4.42. The van der Waals surface area contributed by atoms with Gasteiger partial charge in [0.25, 0.3) is 0 Å². The summed E-state index contributed by atoms with van der Waals surface area (Å²) < 4.78 is 4.58. The maximum atomic E-state index is 5.70. The number of aromatic nitrogens is 4. The molecule has 0 aliphatic carbocycles. The Labute approximate surface area is 165 Å². The molecule has 0 spiro atoms. The maximum Gasteiger partial charge on any atom is 0.199 e. The first kappa shape index (κ1) is 19.2. The van der Waals surface area contributed by atoms with E-state index in [4.69, 9.17) is 17.3 Å². The van der Waals surface area contributed by atoms with Gasteiger partial charge in [0, 0.05) is 31.0 Å². The number of pyridine rings is 1. The highest BCUT2D eigenvalue weighted by atomic mass is 32.1. The van der Waals surface area contributed by atoms with Crippen molar-refractivity contribution >= 4 is 12.2 Å². The van der Waals surface area contributed by atoms with Crippen LogP contribution in [-0.2, 0) is 19.8 Å². The minimum atomic E-state index is 0.618. The second-order valence-electron chi connectivity index (χ2n) is 6.52. The number of hydrogen-bond donors (Lipinski definition) is 0. The minimum absolute atomic E-state index is 0.618. The summed E-state index contributed by atoms with van der Waals surface area (Å²) in [6.07, 6.45) is 5.41. The molecule has 0 aliphatic heterocycles. The first-order valence-electron chi connectivity index (χ1n) is 9.09. The standard InChI is InChI=1S/C21H25N5S/c1-4-12-25-20(19-10-7-11-22-14-19)23-26(21(25)27)16-24(5-2)15-18-9-6-8-17(3)13-18/h4,6-11,13-14H,1,5,12,15-16H2,2-3H3. The van der Waals surface area contributed by atoms with Gasteiger partial charge in [0.1, 0.15) is 0 Å². The lowest BCUT2D eigenvalue weighted by Crippen LogP contribution is -2.26. The Kier molecular flexibility index (Phi) is 6.32.